The lowest BCUT2D eigenvalue weighted by atomic mass is 10.0. The molecule has 3 nitrogen and oxygen atoms in total. The fourth-order valence-electron chi connectivity index (χ4n) is 1.79. The van der Waals surface area contributed by atoms with Crippen LogP contribution in [0.4, 0.5) is 4.39 Å². The summed E-state index contributed by atoms with van der Waals surface area (Å²) in [6.45, 7) is 0.904. The molecule has 0 atom stereocenters. The van der Waals surface area contributed by atoms with Gasteiger partial charge in [0.2, 0.25) is 0 Å². The van der Waals surface area contributed by atoms with Crippen molar-refractivity contribution in [1.29, 1.82) is 0 Å². The van der Waals surface area contributed by atoms with E-state index in [9.17, 15) is 4.39 Å². The van der Waals surface area contributed by atoms with Crippen LogP contribution in [0.25, 0.3) is 0 Å². The van der Waals surface area contributed by atoms with E-state index in [1.807, 2.05) is 0 Å². The fraction of sp³-hybridized carbons (Fsp3) is 0.538. The maximum Gasteiger partial charge on any atom is 0.135 e. The summed E-state index contributed by atoms with van der Waals surface area (Å²) in [5, 5.41) is 0. The molecular formula is C13H20FNO2. The largest absolute Gasteiger partial charge is 0.496 e. The minimum absolute atomic E-state index is 0.219. The molecule has 0 bridgehead atoms. The van der Waals surface area contributed by atoms with E-state index in [0.717, 1.165) is 12.8 Å². The van der Waals surface area contributed by atoms with Crippen LogP contribution in [0.3, 0.4) is 0 Å². The van der Waals surface area contributed by atoms with Crippen molar-refractivity contribution in [2.75, 3.05) is 20.8 Å². The average molecular weight is 241 g/mol. The molecule has 1 aromatic carbocycles. The van der Waals surface area contributed by atoms with Gasteiger partial charge in [-0.3, -0.25) is 0 Å². The van der Waals surface area contributed by atoms with E-state index in [4.69, 9.17) is 15.2 Å². The van der Waals surface area contributed by atoms with Crippen LogP contribution in [0.5, 0.6) is 5.75 Å². The Morgan fingerprint density at radius 3 is 2.59 bits per heavy atom. The third-order valence-corrected chi connectivity index (χ3v) is 2.68. The molecule has 0 spiro atoms. The van der Waals surface area contributed by atoms with Gasteiger partial charge >= 0.3 is 0 Å². The second kappa shape index (κ2) is 7.25. The minimum atomic E-state index is -0.219. The van der Waals surface area contributed by atoms with Crippen molar-refractivity contribution in [1.82, 2.24) is 0 Å². The Labute approximate surface area is 102 Å². The highest BCUT2D eigenvalue weighted by Gasteiger charge is 2.13. The first-order valence-electron chi connectivity index (χ1n) is 5.77. The van der Waals surface area contributed by atoms with Crippen LogP contribution in [0, 0.1) is 5.82 Å². The van der Waals surface area contributed by atoms with E-state index >= 15 is 0 Å². The van der Waals surface area contributed by atoms with Gasteiger partial charge in [0.25, 0.3) is 0 Å². The summed E-state index contributed by atoms with van der Waals surface area (Å²) in [5.74, 6) is 0.377. The number of unbranched alkanes of at least 4 members (excludes halogenated alkanes) is 1. The topological polar surface area (TPSA) is 44.5 Å². The van der Waals surface area contributed by atoms with Crippen LogP contribution in [-0.4, -0.2) is 20.8 Å². The van der Waals surface area contributed by atoms with Gasteiger partial charge in [-0.1, -0.05) is 6.07 Å². The summed E-state index contributed by atoms with van der Waals surface area (Å²) in [7, 11) is 3.11. The van der Waals surface area contributed by atoms with E-state index in [0.29, 0.717) is 29.8 Å². The Bertz CT molecular complexity index is 356. The molecule has 0 unspecified atom stereocenters. The zero-order chi connectivity index (χ0) is 12.7. The number of halogens is 1. The normalized spacial score (nSPS) is 10.6. The molecule has 1 aromatic rings. The molecular weight excluding hydrogens is 221 g/mol. The van der Waals surface area contributed by atoms with Crippen LogP contribution in [0.1, 0.15) is 24.0 Å². The summed E-state index contributed by atoms with van der Waals surface area (Å²) in [6.07, 6.45) is 2.39. The zero-order valence-electron chi connectivity index (χ0n) is 10.5. The van der Waals surface area contributed by atoms with E-state index in [1.165, 1.54) is 0 Å². The van der Waals surface area contributed by atoms with Gasteiger partial charge in [-0.05, 0) is 31.9 Å². The van der Waals surface area contributed by atoms with Crippen molar-refractivity contribution in [2.45, 2.75) is 25.9 Å². The SMILES string of the molecule is COCc1ccc(OC)c(CCCCN)c1F. The predicted octanol–water partition coefficient (Wildman–Crippen LogP) is 2.26. The molecule has 0 amide bonds. The monoisotopic (exact) mass is 241 g/mol. The molecule has 0 aromatic heterocycles. The number of hydrogen-bond acceptors (Lipinski definition) is 3. The van der Waals surface area contributed by atoms with Crippen molar-refractivity contribution in [3.63, 3.8) is 0 Å². The minimum Gasteiger partial charge on any atom is -0.496 e. The smallest absolute Gasteiger partial charge is 0.135 e. The molecule has 4 heteroatoms. The van der Waals surface area contributed by atoms with Crippen molar-refractivity contribution >= 4 is 0 Å². The van der Waals surface area contributed by atoms with Crippen molar-refractivity contribution in [2.24, 2.45) is 5.73 Å². The number of nitrogens with two attached hydrogens (primary N) is 1. The van der Waals surface area contributed by atoms with Crippen molar-refractivity contribution in [3.8, 4) is 5.75 Å². The summed E-state index contributed by atoms with van der Waals surface area (Å²) in [6, 6.07) is 3.49. The quantitative estimate of drug-likeness (QED) is 0.745. The highest BCUT2D eigenvalue weighted by molar-refractivity contribution is 5.39. The Hall–Kier alpha value is -1.13. The van der Waals surface area contributed by atoms with E-state index in [-0.39, 0.29) is 12.4 Å². The Morgan fingerprint density at radius 1 is 1.24 bits per heavy atom. The third kappa shape index (κ3) is 3.68. The number of hydrogen-bond donors (Lipinski definition) is 1. The van der Waals surface area contributed by atoms with Crippen molar-refractivity contribution < 1.29 is 13.9 Å². The zero-order valence-corrected chi connectivity index (χ0v) is 10.5. The molecule has 0 aliphatic heterocycles. The van der Waals surface area contributed by atoms with Gasteiger partial charge in [-0.25, -0.2) is 4.39 Å². The number of ether oxygens (including phenoxy) is 2. The summed E-state index contributed by atoms with van der Waals surface area (Å²) >= 11 is 0. The maximum atomic E-state index is 14.1. The molecule has 0 saturated heterocycles. The molecule has 1 rings (SSSR count). The van der Waals surface area contributed by atoms with Gasteiger partial charge in [-0.2, -0.15) is 0 Å². The second-order valence-corrected chi connectivity index (χ2v) is 3.90. The first-order valence-corrected chi connectivity index (χ1v) is 5.77. The van der Waals surface area contributed by atoms with Crippen molar-refractivity contribution in [3.05, 3.63) is 29.1 Å². The molecule has 2 N–H and O–H groups in total. The second-order valence-electron chi connectivity index (χ2n) is 3.90. The van der Waals surface area contributed by atoms with Crippen LogP contribution < -0.4 is 10.5 Å². The lowest BCUT2D eigenvalue weighted by Gasteiger charge is -2.12. The molecule has 0 aliphatic rings. The highest BCUT2D eigenvalue weighted by atomic mass is 19.1. The van der Waals surface area contributed by atoms with Crippen LogP contribution >= 0.6 is 0 Å². The highest BCUT2D eigenvalue weighted by Crippen LogP contribution is 2.26. The van der Waals surface area contributed by atoms with Gasteiger partial charge in [0, 0.05) is 18.2 Å². The van der Waals surface area contributed by atoms with Crippen LogP contribution in [0.2, 0.25) is 0 Å². The van der Waals surface area contributed by atoms with Gasteiger partial charge in [0.15, 0.2) is 0 Å². The predicted molar refractivity (Wildman–Crippen MR) is 65.7 cm³/mol. The molecule has 17 heavy (non-hydrogen) atoms. The lowest BCUT2D eigenvalue weighted by molar-refractivity contribution is 0.181. The molecule has 0 fully saturated rings. The van der Waals surface area contributed by atoms with E-state index in [2.05, 4.69) is 0 Å². The molecule has 96 valence electrons. The lowest BCUT2D eigenvalue weighted by Crippen LogP contribution is -2.04. The maximum absolute atomic E-state index is 14.1. The van der Waals surface area contributed by atoms with Gasteiger partial charge in [-0.15, -0.1) is 0 Å². The number of methoxy groups -OCH3 is 2. The standard InChI is InChI=1S/C13H20FNO2/c1-16-9-10-6-7-12(17-2)11(13(10)14)5-3-4-8-15/h6-7H,3-5,8-9,15H2,1-2H3. The first-order chi connectivity index (χ1) is 8.24. The fourth-order valence-corrected chi connectivity index (χ4v) is 1.79. The Morgan fingerprint density at radius 2 is 2.00 bits per heavy atom. The summed E-state index contributed by atoms with van der Waals surface area (Å²) in [5.41, 5.74) is 6.62. The molecule has 0 radical (unpaired) electrons. The average Bonchev–Trinajstić information content (AvgIpc) is 2.34. The molecule has 0 saturated carbocycles. The van der Waals surface area contributed by atoms with E-state index in [1.54, 1.807) is 26.4 Å². The van der Waals surface area contributed by atoms with E-state index < -0.39 is 0 Å². The molecule has 0 heterocycles. The van der Waals surface area contributed by atoms with Crippen LogP contribution in [-0.2, 0) is 17.8 Å². The summed E-state index contributed by atoms with van der Waals surface area (Å²) in [4.78, 5) is 0. The van der Waals surface area contributed by atoms with Crippen LogP contribution in [0.15, 0.2) is 12.1 Å². The van der Waals surface area contributed by atoms with Gasteiger partial charge < -0.3 is 15.2 Å². The van der Waals surface area contributed by atoms with Gasteiger partial charge in [0.1, 0.15) is 11.6 Å². The number of benzene rings is 1. The number of rotatable bonds is 7. The Balaban J connectivity index is 2.91. The Kier molecular flexibility index (Phi) is 5.94. The first kappa shape index (κ1) is 13.9. The molecule has 0 aliphatic carbocycles. The third-order valence-electron chi connectivity index (χ3n) is 2.68. The van der Waals surface area contributed by atoms with Gasteiger partial charge in [0.05, 0.1) is 13.7 Å². The summed E-state index contributed by atoms with van der Waals surface area (Å²) < 4.78 is 24.3.